The highest BCUT2D eigenvalue weighted by Gasteiger charge is 2.10. The highest BCUT2D eigenvalue weighted by Crippen LogP contribution is 2.16. The maximum absolute atomic E-state index is 13.3. The molecule has 4 heteroatoms. The molecule has 1 N–H and O–H groups in total. The molecule has 3 nitrogen and oxygen atoms in total. The van der Waals surface area contributed by atoms with E-state index in [0.717, 1.165) is 0 Å². The van der Waals surface area contributed by atoms with Crippen molar-refractivity contribution in [2.75, 3.05) is 0 Å². The van der Waals surface area contributed by atoms with Crippen LogP contribution < -0.4 is 0 Å². The molecule has 0 amide bonds. The molecule has 0 saturated carbocycles. The first-order valence-corrected chi connectivity index (χ1v) is 3.97. The number of aliphatic hydroxyl groups is 1. The Labute approximate surface area is 74.5 Å². The highest BCUT2D eigenvalue weighted by molar-refractivity contribution is 5.54. The van der Waals surface area contributed by atoms with Crippen LogP contribution in [0.1, 0.15) is 11.5 Å². The third-order valence-corrected chi connectivity index (χ3v) is 2.01. The fraction of sp³-hybridized carbons (Fsp3) is 0.222. The van der Waals surface area contributed by atoms with Gasteiger partial charge in [0.05, 0.1) is 12.3 Å². The zero-order valence-corrected chi connectivity index (χ0v) is 7.16. The summed E-state index contributed by atoms with van der Waals surface area (Å²) in [6.45, 7) is 1.53. The lowest BCUT2D eigenvalue weighted by Crippen LogP contribution is -1.90. The monoisotopic (exact) mass is 180 g/mol. The van der Waals surface area contributed by atoms with Gasteiger partial charge < -0.3 is 9.51 Å². The Bertz CT molecular complexity index is 450. The van der Waals surface area contributed by atoms with Gasteiger partial charge in [0.2, 0.25) is 0 Å². The van der Waals surface area contributed by atoms with Crippen LogP contribution in [-0.2, 0) is 6.61 Å². The Morgan fingerprint density at radius 2 is 2.38 bits per heavy atom. The van der Waals surface area contributed by atoms with Crippen molar-refractivity contribution < 1.29 is 9.50 Å². The average Bonchev–Trinajstić information content (AvgIpc) is 2.45. The van der Waals surface area contributed by atoms with E-state index >= 15 is 0 Å². The zero-order chi connectivity index (χ0) is 9.42. The van der Waals surface area contributed by atoms with Gasteiger partial charge in [-0.25, -0.2) is 9.37 Å². The number of pyridine rings is 1. The van der Waals surface area contributed by atoms with Crippen molar-refractivity contribution in [3.8, 4) is 0 Å². The van der Waals surface area contributed by atoms with E-state index in [2.05, 4.69) is 4.98 Å². The minimum atomic E-state index is -0.354. The summed E-state index contributed by atoms with van der Waals surface area (Å²) in [4.78, 5) is 4.04. The number of hydrogen-bond acceptors (Lipinski definition) is 2. The molecule has 0 fully saturated rings. The number of aromatic nitrogens is 2. The van der Waals surface area contributed by atoms with E-state index in [1.165, 1.54) is 6.07 Å². The molecule has 13 heavy (non-hydrogen) atoms. The Morgan fingerprint density at radius 3 is 3.08 bits per heavy atom. The maximum Gasteiger partial charge on any atom is 0.149 e. The smallest absolute Gasteiger partial charge is 0.149 e. The van der Waals surface area contributed by atoms with E-state index in [-0.39, 0.29) is 12.4 Å². The quantitative estimate of drug-likeness (QED) is 0.717. The Hall–Kier alpha value is -1.42. The van der Waals surface area contributed by atoms with Gasteiger partial charge in [0, 0.05) is 6.20 Å². The molecule has 68 valence electrons. The van der Waals surface area contributed by atoms with Crippen molar-refractivity contribution in [3.63, 3.8) is 0 Å². The Morgan fingerprint density at radius 1 is 1.62 bits per heavy atom. The first-order chi connectivity index (χ1) is 6.24. The first kappa shape index (κ1) is 8.19. The van der Waals surface area contributed by atoms with Crippen LogP contribution in [0, 0.1) is 12.7 Å². The number of rotatable bonds is 1. The molecule has 0 unspecified atom stereocenters. The third-order valence-electron chi connectivity index (χ3n) is 2.01. The number of aryl methyl sites for hydroxylation is 1. The van der Waals surface area contributed by atoms with Gasteiger partial charge in [0.25, 0.3) is 0 Å². The maximum atomic E-state index is 13.3. The van der Waals surface area contributed by atoms with E-state index in [1.807, 2.05) is 0 Å². The van der Waals surface area contributed by atoms with Gasteiger partial charge >= 0.3 is 0 Å². The highest BCUT2D eigenvalue weighted by atomic mass is 19.1. The molecule has 0 spiro atoms. The van der Waals surface area contributed by atoms with E-state index in [0.29, 0.717) is 17.0 Å². The van der Waals surface area contributed by atoms with Crippen LogP contribution in [0.25, 0.3) is 5.52 Å². The largest absolute Gasteiger partial charge is 0.390 e. The Balaban J connectivity index is 2.89. The number of imidazole rings is 1. The van der Waals surface area contributed by atoms with Gasteiger partial charge in [0.1, 0.15) is 17.2 Å². The van der Waals surface area contributed by atoms with Crippen LogP contribution in [0.5, 0.6) is 0 Å². The predicted molar refractivity (Wildman–Crippen MR) is 45.8 cm³/mol. The fourth-order valence-corrected chi connectivity index (χ4v) is 1.44. The number of hydrogen-bond donors (Lipinski definition) is 1. The molecule has 0 saturated heterocycles. The second-order valence-corrected chi connectivity index (χ2v) is 2.84. The average molecular weight is 180 g/mol. The summed E-state index contributed by atoms with van der Waals surface area (Å²) in [5, 5.41) is 8.93. The van der Waals surface area contributed by atoms with Crippen molar-refractivity contribution >= 4 is 5.52 Å². The topological polar surface area (TPSA) is 37.5 Å². The van der Waals surface area contributed by atoms with Gasteiger partial charge in [0.15, 0.2) is 0 Å². The third kappa shape index (κ3) is 1.10. The van der Waals surface area contributed by atoms with E-state index in [4.69, 9.17) is 5.11 Å². The summed E-state index contributed by atoms with van der Waals surface area (Å²) in [6, 6.07) is 2.97. The summed E-state index contributed by atoms with van der Waals surface area (Å²) >= 11 is 0. The Kier molecular flexibility index (Phi) is 1.77. The van der Waals surface area contributed by atoms with E-state index in [9.17, 15) is 4.39 Å². The van der Waals surface area contributed by atoms with Crippen LogP contribution in [0.4, 0.5) is 4.39 Å². The summed E-state index contributed by atoms with van der Waals surface area (Å²) in [6.07, 6.45) is 1.72. The van der Waals surface area contributed by atoms with Crippen LogP contribution >= 0.6 is 0 Å². The van der Waals surface area contributed by atoms with Crippen molar-refractivity contribution in [1.29, 1.82) is 0 Å². The van der Waals surface area contributed by atoms with Crippen molar-refractivity contribution in [2.24, 2.45) is 0 Å². The molecule has 0 atom stereocenters. The molecule has 0 aliphatic rings. The number of fused-ring (bicyclic) bond motifs is 1. The normalized spacial score (nSPS) is 11.0. The summed E-state index contributed by atoms with van der Waals surface area (Å²) in [5.74, 6) is 0.325. The van der Waals surface area contributed by atoms with Crippen LogP contribution in [-0.4, -0.2) is 14.5 Å². The number of aliphatic hydroxyl groups excluding tert-OH is 1. The predicted octanol–water partition coefficient (Wildman–Crippen LogP) is 1.27. The van der Waals surface area contributed by atoms with Crippen LogP contribution in [0.15, 0.2) is 18.3 Å². The minimum absolute atomic E-state index is 0.238. The van der Waals surface area contributed by atoms with E-state index < -0.39 is 0 Å². The van der Waals surface area contributed by atoms with Crippen LogP contribution in [0.3, 0.4) is 0 Å². The second-order valence-electron chi connectivity index (χ2n) is 2.84. The van der Waals surface area contributed by atoms with Crippen LogP contribution in [0.2, 0.25) is 0 Å². The molecule has 2 aromatic rings. The zero-order valence-electron chi connectivity index (χ0n) is 7.16. The van der Waals surface area contributed by atoms with Gasteiger partial charge in [-0.2, -0.15) is 0 Å². The molecular weight excluding hydrogens is 171 g/mol. The molecule has 0 aromatic carbocycles. The van der Waals surface area contributed by atoms with Gasteiger partial charge in [-0.05, 0) is 19.1 Å². The van der Waals surface area contributed by atoms with Crippen molar-refractivity contribution in [1.82, 2.24) is 9.38 Å². The molecule has 0 bridgehead atoms. The lowest BCUT2D eigenvalue weighted by atomic mass is 10.3. The molecule has 0 aliphatic heterocycles. The molecule has 2 rings (SSSR count). The van der Waals surface area contributed by atoms with Gasteiger partial charge in [-0.1, -0.05) is 0 Å². The first-order valence-electron chi connectivity index (χ1n) is 3.97. The molecule has 2 heterocycles. The summed E-state index contributed by atoms with van der Waals surface area (Å²) in [5.41, 5.74) is 0.748. The van der Waals surface area contributed by atoms with Gasteiger partial charge in [-0.15, -0.1) is 0 Å². The minimum Gasteiger partial charge on any atom is -0.390 e. The molecule has 0 aliphatic carbocycles. The van der Waals surface area contributed by atoms with Crippen molar-refractivity contribution in [3.05, 3.63) is 35.7 Å². The van der Waals surface area contributed by atoms with E-state index in [1.54, 1.807) is 23.6 Å². The fourth-order valence-electron chi connectivity index (χ4n) is 1.44. The number of nitrogens with zero attached hydrogens (tertiary/aromatic N) is 2. The van der Waals surface area contributed by atoms with Gasteiger partial charge in [-0.3, -0.25) is 0 Å². The standard InChI is InChI=1S/C9H9FN2O/c1-6-11-8(5-13)9-7(10)3-2-4-12(6)9/h2-4,13H,5H2,1H3. The summed E-state index contributed by atoms with van der Waals surface area (Å²) < 4.78 is 14.9. The molecular formula is C9H9FN2O. The SMILES string of the molecule is Cc1nc(CO)c2c(F)cccn12. The molecule has 0 radical (unpaired) electrons. The lowest BCUT2D eigenvalue weighted by molar-refractivity contribution is 0.278. The second kappa shape index (κ2) is 2.81. The number of halogens is 1. The van der Waals surface area contributed by atoms with Crippen molar-refractivity contribution in [2.45, 2.75) is 13.5 Å². The summed E-state index contributed by atoms with van der Waals surface area (Å²) in [7, 11) is 0. The molecule has 2 aromatic heterocycles. The lowest BCUT2D eigenvalue weighted by Gasteiger charge is -1.96.